The van der Waals surface area contributed by atoms with Crippen LogP contribution in [0.5, 0.6) is 0 Å². The highest BCUT2D eigenvalue weighted by Crippen LogP contribution is 2.20. The Kier molecular flexibility index (Phi) is 4.85. The quantitative estimate of drug-likeness (QED) is 0.862. The lowest BCUT2D eigenvalue weighted by atomic mass is 9.99. The van der Waals surface area contributed by atoms with Crippen LogP contribution in [0.2, 0.25) is 5.02 Å². The standard InChI is InChI=1S/C12H19ClN4O2S/c1-17-4-2-3-9(8-17)6-16-20(18,19)10-5-11(13)12(14)15-7-10/h5,7,9,16H,2-4,6,8H2,1H3,(H2,14,15). The Morgan fingerprint density at radius 2 is 2.35 bits per heavy atom. The largest absolute Gasteiger partial charge is 0.382 e. The molecule has 2 heterocycles. The number of pyridine rings is 1. The Morgan fingerprint density at radius 1 is 1.60 bits per heavy atom. The Balaban J connectivity index is 2.01. The van der Waals surface area contributed by atoms with Crippen LogP contribution in [0.25, 0.3) is 0 Å². The minimum absolute atomic E-state index is 0.0425. The van der Waals surface area contributed by atoms with Gasteiger partial charge in [0.25, 0.3) is 0 Å². The second-order valence-corrected chi connectivity index (χ2v) is 7.33. The van der Waals surface area contributed by atoms with Crippen LogP contribution in [0.1, 0.15) is 12.8 Å². The molecule has 1 aliphatic heterocycles. The van der Waals surface area contributed by atoms with Crippen LogP contribution in [-0.2, 0) is 10.0 Å². The van der Waals surface area contributed by atoms with Crippen molar-refractivity contribution in [3.05, 3.63) is 17.3 Å². The predicted molar refractivity (Wildman–Crippen MR) is 79.1 cm³/mol. The van der Waals surface area contributed by atoms with Crippen LogP contribution in [0.15, 0.2) is 17.2 Å². The normalized spacial score (nSPS) is 21.0. The summed E-state index contributed by atoms with van der Waals surface area (Å²) in [5, 5.41) is 0.144. The van der Waals surface area contributed by atoms with E-state index in [1.807, 2.05) is 7.05 Å². The van der Waals surface area contributed by atoms with Crippen molar-refractivity contribution >= 4 is 27.4 Å². The zero-order valence-electron chi connectivity index (χ0n) is 11.3. The van der Waals surface area contributed by atoms with Crippen molar-refractivity contribution in [1.29, 1.82) is 0 Å². The molecule has 1 saturated heterocycles. The first-order valence-corrected chi connectivity index (χ1v) is 8.34. The number of piperidine rings is 1. The number of rotatable bonds is 4. The number of likely N-dealkylation sites (tertiary alicyclic amines) is 1. The summed E-state index contributed by atoms with van der Waals surface area (Å²) in [6.07, 6.45) is 3.35. The van der Waals surface area contributed by atoms with E-state index in [1.54, 1.807) is 0 Å². The third-order valence-electron chi connectivity index (χ3n) is 3.44. The molecule has 8 heteroatoms. The van der Waals surface area contributed by atoms with Gasteiger partial charge in [-0.2, -0.15) is 0 Å². The average molecular weight is 319 g/mol. The number of nitrogens with one attached hydrogen (secondary N) is 1. The summed E-state index contributed by atoms with van der Waals surface area (Å²) in [6.45, 7) is 2.40. The molecule has 20 heavy (non-hydrogen) atoms. The number of nitrogens with zero attached hydrogens (tertiary/aromatic N) is 2. The van der Waals surface area contributed by atoms with E-state index in [9.17, 15) is 8.42 Å². The molecule has 1 atom stereocenters. The molecular weight excluding hydrogens is 300 g/mol. The van der Waals surface area contributed by atoms with Gasteiger partial charge in [-0.25, -0.2) is 18.1 Å². The average Bonchev–Trinajstić information content (AvgIpc) is 2.40. The number of sulfonamides is 1. The SMILES string of the molecule is CN1CCCC(CNS(=O)(=O)c2cnc(N)c(Cl)c2)C1. The fourth-order valence-electron chi connectivity index (χ4n) is 2.33. The maximum atomic E-state index is 12.2. The van der Waals surface area contributed by atoms with Gasteiger partial charge in [-0.3, -0.25) is 0 Å². The summed E-state index contributed by atoms with van der Waals surface area (Å²) >= 11 is 5.80. The van der Waals surface area contributed by atoms with Crippen molar-refractivity contribution in [3.63, 3.8) is 0 Å². The number of anilines is 1. The number of hydrogen-bond donors (Lipinski definition) is 2. The summed E-state index contributed by atoms with van der Waals surface area (Å²) in [6, 6.07) is 1.32. The maximum absolute atomic E-state index is 12.2. The van der Waals surface area contributed by atoms with E-state index in [1.165, 1.54) is 12.3 Å². The van der Waals surface area contributed by atoms with E-state index in [2.05, 4.69) is 14.6 Å². The lowest BCUT2D eigenvalue weighted by Crippen LogP contribution is -2.39. The Hall–Kier alpha value is -0.890. The van der Waals surface area contributed by atoms with Crippen LogP contribution in [-0.4, -0.2) is 45.0 Å². The molecule has 3 N–H and O–H groups in total. The van der Waals surface area contributed by atoms with Gasteiger partial charge < -0.3 is 10.6 Å². The molecular formula is C12H19ClN4O2S. The highest BCUT2D eigenvalue weighted by molar-refractivity contribution is 7.89. The van der Waals surface area contributed by atoms with E-state index in [0.717, 1.165) is 25.9 Å². The van der Waals surface area contributed by atoms with Crippen molar-refractivity contribution in [1.82, 2.24) is 14.6 Å². The number of nitrogen functional groups attached to an aromatic ring is 1. The maximum Gasteiger partial charge on any atom is 0.242 e. The molecule has 0 amide bonds. The van der Waals surface area contributed by atoms with Gasteiger partial charge in [0.15, 0.2) is 0 Å². The summed E-state index contributed by atoms with van der Waals surface area (Å²) in [7, 11) is -1.54. The molecule has 112 valence electrons. The molecule has 1 unspecified atom stereocenters. The van der Waals surface area contributed by atoms with Gasteiger partial charge in [0, 0.05) is 19.3 Å². The van der Waals surface area contributed by atoms with Crippen molar-refractivity contribution in [3.8, 4) is 0 Å². The summed E-state index contributed by atoms with van der Waals surface area (Å²) < 4.78 is 26.9. The predicted octanol–water partition coefficient (Wildman–Crippen LogP) is 0.937. The number of nitrogens with two attached hydrogens (primary N) is 1. The molecule has 1 aromatic rings. The Bertz CT molecular complexity index is 579. The molecule has 0 saturated carbocycles. The summed E-state index contributed by atoms with van der Waals surface area (Å²) in [5.74, 6) is 0.459. The van der Waals surface area contributed by atoms with Crippen molar-refractivity contribution < 1.29 is 8.42 Å². The van der Waals surface area contributed by atoms with Gasteiger partial charge in [-0.1, -0.05) is 11.6 Å². The van der Waals surface area contributed by atoms with Gasteiger partial charge >= 0.3 is 0 Å². The van der Waals surface area contributed by atoms with Crippen LogP contribution in [0.3, 0.4) is 0 Å². The molecule has 2 rings (SSSR count). The lowest BCUT2D eigenvalue weighted by Gasteiger charge is -2.29. The number of hydrogen-bond acceptors (Lipinski definition) is 5. The number of halogens is 1. The van der Waals surface area contributed by atoms with E-state index in [0.29, 0.717) is 12.5 Å². The van der Waals surface area contributed by atoms with Crippen LogP contribution in [0.4, 0.5) is 5.82 Å². The minimum Gasteiger partial charge on any atom is -0.382 e. The van der Waals surface area contributed by atoms with E-state index >= 15 is 0 Å². The van der Waals surface area contributed by atoms with Gasteiger partial charge in [-0.15, -0.1) is 0 Å². The van der Waals surface area contributed by atoms with Crippen molar-refractivity contribution in [2.24, 2.45) is 5.92 Å². The fraction of sp³-hybridized carbons (Fsp3) is 0.583. The highest BCUT2D eigenvalue weighted by Gasteiger charge is 2.21. The van der Waals surface area contributed by atoms with Gasteiger partial charge in [0.2, 0.25) is 10.0 Å². The third-order valence-corrected chi connectivity index (χ3v) is 5.13. The second-order valence-electron chi connectivity index (χ2n) is 5.16. The highest BCUT2D eigenvalue weighted by atomic mass is 35.5. The van der Waals surface area contributed by atoms with Gasteiger partial charge in [-0.05, 0) is 38.4 Å². The van der Waals surface area contributed by atoms with Crippen LogP contribution in [0, 0.1) is 5.92 Å². The molecule has 0 spiro atoms. The molecule has 0 radical (unpaired) electrons. The monoisotopic (exact) mass is 318 g/mol. The third kappa shape index (κ3) is 3.82. The van der Waals surface area contributed by atoms with Crippen molar-refractivity contribution in [2.75, 3.05) is 32.4 Å². The first kappa shape index (κ1) is 15.5. The fourth-order valence-corrected chi connectivity index (χ4v) is 3.65. The first-order chi connectivity index (χ1) is 9.38. The number of aromatic nitrogens is 1. The molecule has 0 bridgehead atoms. The van der Waals surface area contributed by atoms with E-state index < -0.39 is 10.0 Å². The summed E-state index contributed by atoms with van der Waals surface area (Å²) in [4.78, 5) is 6.03. The molecule has 1 aliphatic rings. The molecule has 1 aromatic heterocycles. The zero-order chi connectivity index (χ0) is 14.8. The molecule has 1 fully saturated rings. The first-order valence-electron chi connectivity index (χ1n) is 6.48. The van der Waals surface area contributed by atoms with Crippen LogP contribution < -0.4 is 10.5 Å². The van der Waals surface area contributed by atoms with Crippen molar-refractivity contribution in [2.45, 2.75) is 17.7 Å². The minimum atomic E-state index is -3.59. The smallest absolute Gasteiger partial charge is 0.242 e. The van der Waals surface area contributed by atoms with E-state index in [-0.39, 0.29) is 15.7 Å². The van der Waals surface area contributed by atoms with Gasteiger partial charge in [0.05, 0.1) is 5.02 Å². The lowest BCUT2D eigenvalue weighted by molar-refractivity contribution is 0.211. The molecule has 0 aliphatic carbocycles. The zero-order valence-corrected chi connectivity index (χ0v) is 12.9. The van der Waals surface area contributed by atoms with E-state index in [4.69, 9.17) is 17.3 Å². The Morgan fingerprint density at radius 3 is 3.00 bits per heavy atom. The van der Waals surface area contributed by atoms with Crippen LogP contribution >= 0.6 is 11.6 Å². The second kappa shape index (κ2) is 6.26. The summed E-state index contributed by atoms with van der Waals surface area (Å²) in [5.41, 5.74) is 5.47. The molecule has 0 aromatic carbocycles. The molecule has 6 nitrogen and oxygen atoms in total. The van der Waals surface area contributed by atoms with Gasteiger partial charge in [0.1, 0.15) is 10.7 Å². The Labute approximate surface area is 124 Å². The topological polar surface area (TPSA) is 88.3 Å².